The van der Waals surface area contributed by atoms with Gasteiger partial charge in [-0.3, -0.25) is 14.6 Å². The van der Waals surface area contributed by atoms with Crippen LogP contribution in [-0.4, -0.2) is 72.0 Å². The van der Waals surface area contributed by atoms with Crippen LogP contribution >= 0.6 is 0 Å². The van der Waals surface area contributed by atoms with E-state index in [1.165, 1.54) is 39.2 Å². The Balaban J connectivity index is 1.45. The lowest BCUT2D eigenvalue weighted by Gasteiger charge is -2.42. The van der Waals surface area contributed by atoms with Crippen LogP contribution in [0, 0.1) is 6.92 Å². The van der Waals surface area contributed by atoms with Crippen LogP contribution in [-0.2, 0) is 9.53 Å². The first kappa shape index (κ1) is 21.8. The molecule has 1 aliphatic carbocycles. The Kier molecular flexibility index (Phi) is 6.62. The number of piperazine rings is 1. The molecule has 0 spiro atoms. The minimum Gasteiger partial charge on any atom is -0.464 e. The number of nitrogens with one attached hydrogen (secondary N) is 2. The topological polar surface area (TPSA) is 77.7 Å². The Morgan fingerprint density at radius 3 is 2.52 bits per heavy atom. The van der Waals surface area contributed by atoms with Gasteiger partial charge in [-0.2, -0.15) is 0 Å². The number of rotatable bonds is 5. The number of ether oxygens (including phenoxy) is 1. The van der Waals surface area contributed by atoms with Gasteiger partial charge in [-0.15, -0.1) is 0 Å². The van der Waals surface area contributed by atoms with Gasteiger partial charge in [-0.1, -0.05) is 30.9 Å². The molecule has 1 aromatic carbocycles. The smallest absolute Gasteiger partial charge is 0.356 e. The number of aromatic nitrogens is 1. The number of esters is 1. The van der Waals surface area contributed by atoms with Gasteiger partial charge in [0.05, 0.1) is 18.8 Å². The molecule has 7 nitrogen and oxygen atoms in total. The third-order valence-electron chi connectivity index (χ3n) is 6.96. The number of hydrogen-bond donors (Lipinski definition) is 2. The Hall–Kier alpha value is -2.38. The van der Waals surface area contributed by atoms with E-state index in [2.05, 4.69) is 20.1 Å². The molecule has 2 aliphatic rings. The van der Waals surface area contributed by atoms with Gasteiger partial charge >= 0.3 is 5.97 Å². The van der Waals surface area contributed by atoms with Gasteiger partial charge < -0.3 is 15.0 Å². The van der Waals surface area contributed by atoms with Gasteiger partial charge in [0.2, 0.25) is 5.91 Å². The lowest BCUT2D eigenvalue weighted by molar-refractivity contribution is -0.121. The van der Waals surface area contributed by atoms with Crippen molar-refractivity contribution >= 4 is 28.5 Å². The van der Waals surface area contributed by atoms with Crippen LogP contribution in [0.25, 0.3) is 10.9 Å². The fourth-order valence-electron chi connectivity index (χ4n) is 5.02. The number of carbonyl (C=O) groups is 2. The van der Waals surface area contributed by atoms with Gasteiger partial charge in [-0.25, -0.2) is 4.79 Å². The average Bonchev–Trinajstić information content (AvgIpc) is 3.16. The molecule has 2 N–H and O–H groups in total. The first-order chi connectivity index (χ1) is 15.0. The first-order valence-electron chi connectivity index (χ1n) is 11.5. The second kappa shape index (κ2) is 9.40. The zero-order chi connectivity index (χ0) is 22.0. The normalized spacial score (nSPS) is 20.0. The number of amides is 1. The number of anilines is 1. The average molecular weight is 427 g/mol. The van der Waals surface area contributed by atoms with Crippen molar-refractivity contribution in [2.24, 2.45) is 0 Å². The van der Waals surface area contributed by atoms with E-state index in [-0.39, 0.29) is 17.6 Å². The summed E-state index contributed by atoms with van der Waals surface area (Å²) in [6.07, 6.45) is 6.68. The molecular formula is C24H34N4O3. The zero-order valence-electron chi connectivity index (χ0n) is 18.9. The number of aromatic amines is 1. The number of nitrogens with zero attached hydrogens (tertiary/aromatic N) is 2. The summed E-state index contributed by atoms with van der Waals surface area (Å²) in [6.45, 7) is 7.75. The Labute approximate surface area is 184 Å². The quantitative estimate of drug-likeness (QED) is 0.715. The lowest BCUT2D eigenvalue weighted by Crippen LogP contribution is -2.55. The van der Waals surface area contributed by atoms with Crippen LogP contribution in [0.3, 0.4) is 0 Å². The molecule has 1 aromatic heterocycles. The number of hydrogen-bond acceptors (Lipinski definition) is 5. The van der Waals surface area contributed by atoms with Crippen molar-refractivity contribution in [3.63, 3.8) is 0 Å². The monoisotopic (exact) mass is 426 g/mol. The number of H-pyrrole nitrogens is 1. The van der Waals surface area contributed by atoms with Gasteiger partial charge in [0.25, 0.3) is 0 Å². The summed E-state index contributed by atoms with van der Waals surface area (Å²) in [4.78, 5) is 33.4. The molecule has 0 radical (unpaired) electrons. The van der Waals surface area contributed by atoms with E-state index in [9.17, 15) is 9.59 Å². The van der Waals surface area contributed by atoms with E-state index < -0.39 is 5.97 Å². The largest absolute Gasteiger partial charge is 0.464 e. The van der Waals surface area contributed by atoms with E-state index in [4.69, 9.17) is 4.74 Å². The van der Waals surface area contributed by atoms with Crippen LogP contribution in [0.4, 0.5) is 5.69 Å². The van der Waals surface area contributed by atoms with Crippen LogP contribution in [0.2, 0.25) is 0 Å². The third-order valence-corrected chi connectivity index (χ3v) is 6.96. The number of carbonyl (C=O) groups excluding carboxylic acids is 2. The molecule has 31 heavy (non-hydrogen) atoms. The predicted molar refractivity (Wildman–Crippen MR) is 122 cm³/mol. The van der Waals surface area contributed by atoms with E-state index in [0.29, 0.717) is 5.69 Å². The third kappa shape index (κ3) is 4.62. The van der Waals surface area contributed by atoms with Crippen LogP contribution < -0.4 is 5.32 Å². The summed E-state index contributed by atoms with van der Waals surface area (Å²) in [5, 5.41) is 3.84. The molecule has 1 atom stereocenters. The van der Waals surface area contributed by atoms with Crippen molar-refractivity contribution in [2.45, 2.75) is 58.0 Å². The molecule has 7 heteroatoms. The highest BCUT2D eigenvalue weighted by Crippen LogP contribution is 2.30. The predicted octanol–water partition coefficient (Wildman–Crippen LogP) is 3.54. The standard InChI is InChI=1S/C24H34N4O3/c1-16-9-10-20-19(15-16)21(22(25-20)24(30)31-3)26-23(29)17(2)27-11-13-28(14-12-27)18-7-5-4-6-8-18/h9-10,15,17-18,25H,4-8,11-14H2,1-3H3,(H,26,29)/t17-/m0/s1. The molecule has 1 aliphatic heterocycles. The molecule has 1 saturated carbocycles. The van der Waals surface area contributed by atoms with Crippen molar-refractivity contribution in [3.05, 3.63) is 29.5 Å². The maximum Gasteiger partial charge on any atom is 0.356 e. The SMILES string of the molecule is COC(=O)c1[nH]c2ccc(C)cc2c1NC(=O)[C@H](C)N1CCN(C2CCCCC2)CC1. The molecule has 0 bridgehead atoms. The van der Waals surface area contributed by atoms with Crippen molar-refractivity contribution in [3.8, 4) is 0 Å². The Bertz CT molecular complexity index is 940. The van der Waals surface area contributed by atoms with Crippen LogP contribution in [0.1, 0.15) is 55.1 Å². The maximum atomic E-state index is 13.2. The molecule has 2 aromatic rings. The molecule has 168 valence electrons. The number of benzene rings is 1. The highest BCUT2D eigenvalue weighted by atomic mass is 16.5. The van der Waals surface area contributed by atoms with Crippen molar-refractivity contribution in [1.82, 2.24) is 14.8 Å². The van der Waals surface area contributed by atoms with Gasteiger partial charge in [0.1, 0.15) is 5.69 Å². The first-order valence-corrected chi connectivity index (χ1v) is 11.5. The highest BCUT2D eigenvalue weighted by molar-refractivity contribution is 6.11. The van der Waals surface area contributed by atoms with Gasteiger partial charge in [0.15, 0.2) is 0 Å². The summed E-state index contributed by atoms with van der Waals surface area (Å²) in [5.74, 6) is -0.587. The Morgan fingerprint density at radius 2 is 1.84 bits per heavy atom. The highest BCUT2D eigenvalue weighted by Gasteiger charge is 2.30. The van der Waals surface area contributed by atoms with Gasteiger partial charge in [0, 0.05) is 43.1 Å². The molecule has 1 saturated heterocycles. The van der Waals surface area contributed by atoms with Crippen LogP contribution in [0.5, 0.6) is 0 Å². The maximum absolute atomic E-state index is 13.2. The molecule has 0 unspecified atom stereocenters. The van der Waals surface area contributed by atoms with Crippen molar-refractivity contribution in [2.75, 3.05) is 38.6 Å². The van der Waals surface area contributed by atoms with E-state index in [1.54, 1.807) is 0 Å². The second-order valence-corrected chi connectivity index (χ2v) is 8.94. The Morgan fingerprint density at radius 1 is 1.13 bits per heavy atom. The minimum atomic E-state index is -0.488. The molecular weight excluding hydrogens is 392 g/mol. The molecule has 4 rings (SSSR count). The van der Waals surface area contributed by atoms with E-state index in [0.717, 1.165) is 48.7 Å². The fraction of sp³-hybridized carbons (Fsp3) is 0.583. The summed E-state index contributed by atoms with van der Waals surface area (Å²) in [7, 11) is 1.35. The molecule has 2 heterocycles. The van der Waals surface area contributed by atoms with Gasteiger partial charge in [-0.05, 0) is 38.8 Å². The number of methoxy groups -OCH3 is 1. The van der Waals surface area contributed by atoms with Crippen molar-refractivity contribution in [1.29, 1.82) is 0 Å². The summed E-state index contributed by atoms with van der Waals surface area (Å²) in [5.41, 5.74) is 2.65. The second-order valence-electron chi connectivity index (χ2n) is 8.94. The minimum absolute atomic E-state index is 0.0984. The van der Waals surface area contributed by atoms with Crippen molar-refractivity contribution < 1.29 is 14.3 Å². The number of fused-ring (bicyclic) bond motifs is 1. The van der Waals surface area contributed by atoms with E-state index in [1.807, 2.05) is 32.0 Å². The number of aryl methyl sites for hydroxylation is 1. The van der Waals surface area contributed by atoms with E-state index >= 15 is 0 Å². The summed E-state index contributed by atoms with van der Waals surface area (Å²) < 4.78 is 4.93. The zero-order valence-corrected chi connectivity index (χ0v) is 18.9. The van der Waals surface area contributed by atoms with Crippen LogP contribution in [0.15, 0.2) is 18.2 Å². The molecule has 2 fully saturated rings. The fourth-order valence-corrected chi connectivity index (χ4v) is 5.02. The summed E-state index contributed by atoms with van der Waals surface area (Å²) in [6, 6.07) is 6.31. The molecule has 1 amide bonds. The summed E-state index contributed by atoms with van der Waals surface area (Å²) >= 11 is 0. The lowest BCUT2D eigenvalue weighted by atomic mass is 9.94.